The van der Waals surface area contributed by atoms with Crippen LogP contribution in [0.3, 0.4) is 0 Å². The Balaban J connectivity index is 2.02. The van der Waals surface area contributed by atoms with E-state index >= 15 is 0 Å². The molecule has 0 saturated carbocycles. The number of amides is 1. The number of nitrogen functional groups attached to an aromatic ring is 1. The maximum atomic E-state index is 11.9. The van der Waals surface area contributed by atoms with Crippen LogP contribution >= 0.6 is 11.6 Å². The van der Waals surface area contributed by atoms with Crippen LogP contribution < -0.4 is 15.8 Å². The summed E-state index contributed by atoms with van der Waals surface area (Å²) in [6.45, 7) is 0.347. The third kappa shape index (κ3) is 3.36. The van der Waals surface area contributed by atoms with Crippen LogP contribution in [-0.4, -0.2) is 23.0 Å². The van der Waals surface area contributed by atoms with Gasteiger partial charge in [0.2, 0.25) is 5.88 Å². The summed E-state index contributed by atoms with van der Waals surface area (Å²) in [5.41, 5.74) is 6.72. The number of aromatic nitrogens is 2. The van der Waals surface area contributed by atoms with Gasteiger partial charge in [0.25, 0.3) is 5.91 Å². The number of anilines is 1. The Hall–Kier alpha value is -2.34. The number of pyridine rings is 2. The highest BCUT2D eigenvalue weighted by atomic mass is 35.5. The zero-order valence-electron chi connectivity index (χ0n) is 10.8. The summed E-state index contributed by atoms with van der Waals surface area (Å²) in [7, 11) is 1.53. The van der Waals surface area contributed by atoms with Crippen molar-refractivity contribution in [3.8, 4) is 5.88 Å². The monoisotopic (exact) mass is 292 g/mol. The smallest absolute Gasteiger partial charge is 0.253 e. The van der Waals surface area contributed by atoms with E-state index in [0.717, 1.165) is 5.56 Å². The number of nitrogens with one attached hydrogen (secondary N) is 1. The molecule has 2 rings (SSSR count). The Bertz CT molecular complexity index is 634. The Kier molecular flexibility index (Phi) is 4.37. The molecule has 0 radical (unpaired) electrons. The lowest BCUT2D eigenvalue weighted by molar-refractivity contribution is 0.0950. The molecule has 1 amide bonds. The van der Waals surface area contributed by atoms with Gasteiger partial charge in [-0.2, -0.15) is 0 Å². The van der Waals surface area contributed by atoms with Crippen molar-refractivity contribution < 1.29 is 9.53 Å². The number of carbonyl (C=O) groups is 1. The fraction of sp³-hybridized carbons (Fsp3) is 0.154. The number of hydrogen-bond acceptors (Lipinski definition) is 5. The molecule has 0 unspecified atom stereocenters. The maximum Gasteiger partial charge on any atom is 0.253 e. The van der Waals surface area contributed by atoms with Crippen LogP contribution in [-0.2, 0) is 6.54 Å². The van der Waals surface area contributed by atoms with Crippen molar-refractivity contribution in [2.45, 2.75) is 6.54 Å². The molecule has 7 heteroatoms. The van der Waals surface area contributed by atoms with E-state index < -0.39 is 0 Å². The van der Waals surface area contributed by atoms with Gasteiger partial charge in [-0.3, -0.25) is 4.79 Å². The molecule has 0 saturated heterocycles. The molecule has 0 atom stereocenters. The molecule has 0 spiro atoms. The molecule has 6 nitrogen and oxygen atoms in total. The summed E-state index contributed by atoms with van der Waals surface area (Å²) in [4.78, 5) is 19.8. The van der Waals surface area contributed by atoms with Gasteiger partial charge >= 0.3 is 0 Å². The van der Waals surface area contributed by atoms with E-state index in [9.17, 15) is 4.79 Å². The van der Waals surface area contributed by atoms with Crippen LogP contribution in [0.15, 0.2) is 30.6 Å². The van der Waals surface area contributed by atoms with Crippen LogP contribution in [0.25, 0.3) is 0 Å². The number of halogens is 1. The molecule has 0 aliphatic carbocycles. The lowest BCUT2D eigenvalue weighted by Crippen LogP contribution is -2.23. The van der Waals surface area contributed by atoms with Crippen molar-refractivity contribution in [2.24, 2.45) is 0 Å². The molecule has 0 aromatic carbocycles. The molecule has 20 heavy (non-hydrogen) atoms. The lowest BCUT2D eigenvalue weighted by Gasteiger charge is -2.07. The van der Waals surface area contributed by atoms with Crippen LogP contribution in [0.1, 0.15) is 15.9 Å². The van der Waals surface area contributed by atoms with Crippen molar-refractivity contribution in [1.82, 2.24) is 15.3 Å². The molecular weight excluding hydrogens is 280 g/mol. The summed E-state index contributed by atoms with van der Waals surface area (Å²) in [5.74, 6) is 0.409. The largest absolute Gasteiger partial charge is 0.481 e. The third-order valence-electron chi connectivity index (χ3n) is 2.59. The first-order valence-corrected chi connectivity index (χ1v) is 6.16. The average Bonchev–Trinajstić information content (AvgIpc) is 2.47. The summed E-state index contributed by atoms with van der Waals surface area (Å²) < 4.78 is 5.01. The normalized spacial score (nSPS) is 10.1. The third-order valence-corrected chi connectivity index (χ3v) is 2.90. The van der Waals surface area contributed by atoms with Gasteiger partial charge in [0, 0.05) is 25.0 Å². The van der Waals surface area contributed by atoms with Crippen LogP contribution in [0.2, 0.25) is 5.02 Å². The fourth-order valence-electron chi connectivity index (χ4n) is 1.53. The zero-order chi connectivity index (χ0) is 14.5. The van der Waals surface area contributed by atoms with Crippen LogP contribution in [0.5, 0.6) is 5.88 Å². The van der Waals surface area contributed by atoms with Crippen molar-refractivity contribution >= 4 is 23.3 Å². The lowest BCUT2D eigenvalue weighted by atomic mass is 10.2. The number of rotatable bonds is 4. The molecule has 0 aliphatic heterocycles. The molecule has 104 valence electrons. The van der Waals surface area contributed by atoms with Gasteiger partial charge < -0.3 is 15.8 Å². The van der Waals surface area contributed by atoms with E-state index in [2.05, 4.69) is 15.3 Å². The van der Waals surface area contributed by atoms with E-state index in [0.29, 0.717) is 18.0 Å². The van der Waals surface area contributed by atoms with Crippen molar-refractivity contribution in [1.29, 1.82) is 0 Å². The minimum atomic E-state index is -0.282. The van der Waals surface area contributed by atoms with Gasteiger partial charge in [0.05, 0.1) is 17.7 Å². The van der Waals surface area contributed by atoms with Crippen molar-refractivity contribution in [3.05, 3.63) is 46.7 Å². The number of carbonyl (C=O) groups excluding carboxylic acids is 1. The van der Waals surface area contributed by atoms with Gasteiger partial charge in [0.1, 0.15) is 5.82 Å². The van der Waals surface area contributed by atoms with Crippen molar-refractivity contribution in [2.75, 3.05) is 12.8 Å². The zero-order valence-corrected chi connectivity index (χ0v) is 11.5. The van der Waals surface area contributed by atoms with Gasteiger partial charge in [-0.25, -0.2) is 9.97 Å². The van der Waals surface area contributed by atoms with E-state index in [1.165, 1.54) is 19.4 Å². The number of hydrogen-bond donors (Lipinski definition) is 2. The minimum absolute atomic E-state index is 0.196. The van der Waals surface area contributed by atoms with E-state index in [-0.39, 0.29) is 16.7 Å². The first-order valence-electron chi connectivity index (χ1n) is 5.78. The first-order chi connectivity index (χ1) is 9.60. The SMILES string of the molecule is COc1cc(CNC(=O)c2cnc(N)c(Cl)c2)ccn1. The first kappa shape index (κ1) is 14.1. The second-order valence-electron chi connectivity index (χ2n) is 3.98. The molecular formula is C13H13ClN4O2. The van der Waals surface area contributed by atoms with Gasteiger partial charge in [-0.05, 0) is 17.7 Å². The molecule has 0 bridgehead atoms. The van der Waals surface area contributed by atoms with E-state index in [1.54, 1.807) is 18.3 Å². The summed E-state index contributed by atoms with van der Waals surface area (Å²) >= 11 is 5.82. The van der Waals surface area contributed by atoms with E-state index in [4.69, 9.17) is 22.1 Å². The second kappa shape index (κ2) is 6.21. The van der Waals surface area contributed by atoms with Gasteiger partial charge in [-0.1, -0.05) is 11.6 Å². The summed E-state index contributed by atoms with van der Waals surface area (Å²) in [6, 6.07) is 5.01. The molecule has 2 aromatic rings. The number of nitrogens with zero attached hydrogens (tertiary/aromatic N) is 2. The van der Waals surface area contributed by atoms with Gasteiger partial charge in [-0.15, -0.1) is 0 Å². The number of ether oxygens (including phenoxy) is 1. The molecule has 2 heterocycles. The standard InChI is InChI=1S/C13H13ClN4O2/c1-20-11-4-8(2-3-16-11)6-18-13(19)9-5-10(14)12(15)17-7-9/h2-5,7H,6H2,1H3,(H2,15,17)(H,18,19). The highest BCUT2D eigenvalue weighted by molar-refractivity contribution is 6.33. The van der Waals surface area contributed by atoms with Crippen LogP contribution in [0.4, 0.5) is 5.82 Å². The summed E-state index contributed by atoms with van der Waals surface area (Å²) in [6.07, 6.45) is 2.99. The predicted octanol–water partition coefficient (Wildman–Crippen LogP) is 1.65. The van der Waals surface area contributed by atoms with Crippen LogP contribution in [0, 0.1) is 0 Å². The average molecular weight is 293 g/mol. The Morgan fingerprint density at radius 2 is 2.25 bits per heavy atom. The Morgan fingerprint density at radius 1 is 1.45 bits per heavy atom. The Labute approximate surface area is 120 Å². The number of methoxy groups -OCH3 is 1. The maximum absolute atomic E-state index is 11.9. The molecule has 0 aliphatic rings. The second-order valence-corrected chi connectivity index (χ2v) is 4.39. The Morgan fingerprint density at radius 3 is 2.95 bits per heavy atom. The van der Waals surface area contributed by atoms with Gasteiger partial charge in [0.15, 0.2) is 0 Å². The highest BCUT2D eigenvalue weighted by Crippen LogP contribution is 2.16. The van der Waals surface area contributed by atoms with E-state index in [1.807, 2.05) is 0 Å². The fourth-order valence-corrected chi connectivity index (χ4v) is 1.70. The quantitative estimate of drug-likeness (QED) is 0.894. The summed E-state index contributed by atoms with van der Waals surface area (Å²) in [5, 5.41) is 3.00. The molecule has 2 aromatic heterocycles. The highest BCUT2D eigenvalue weighted by Gasteiger charge is 2.08. The topological polar surface area (TPSA) is 90.1 Å². The molecule has 0 fully saturated rings. The minimum Gasteiger partial charge on any atom is -0.481 e. The number of nitrogens with two attached hydrogens (primary N) is 1. The molecule has 3 N–H and O–H groups in total. The van der Waals surface area contributed by atoms with Crippen molar-refractivity contribution in [3.63, 3.8) is 0 Å². The predicted molar refractivity (Wildman–Crippen MR) is 75.6 cm³/mol.